The van der Waals surface area contributed by atoms with Crippen LogP contribution in [0.25, 0.3) is 10.8 Å². The van der Waals surface area contributed by atoms with E-state index in [0.717, 1.165) is 4.90 Å². The molecule has 3 fully saturated rings. The molecule has 5 N–H and O–H groups in total. The Morgan fingerprint density at radius 2 is 1.85 bits per heavy atom. The van der Waals surface area contributed by atoms with Gasteiger partial charge in [0.05, 0.1) is 49.2 Å². The van der Waals surface area contributed by atoms with Gasteiger partial charge < -0.3 is 25.2 Å². The fourth-order valence-corrected chi connectivity index (χ4v) is 8.39. The van der Waals surface area contributed by atoms with Crippen LogP contribution in [-0.2, 0) is 46.2 Å². The number of carbonyl (C=O) groups is 6. The number of phenolic OH excluding ortho intramolecular Hbond substituents is 1. The van der Waals surface area contributed by atoms with Crippen LogP contribution in [0.5, 0.6) is 11.5 Å². The molecule has 3 aromatic carbocycles. The molecule has 0 bridgehead atoms. The average molecular weight is 834 g/mol. The van der Waals surface area contributed by atoms with Gasteiger partial charge in [-0.25, -0.2) is 18.1 Å². The molecule has 4 heterocycles. The van der Waals surface area contributed by atoms with Gasteiger partial charge in [-0.05, 0) is 55.0 Å². The van der Waals surface area contributed by atoms with E-state index in [9.17, 15) is 42.3 Å². The second-order valence-electron chi connectivity index (χ2n) is 14.3. The Morgan fingerprint density at radius 3 is 2.59 bits per heavy atom. The fourth-order valence-electron chi connectivity index (χ4n) is 7.23. The predicted molar refractivity (Wildman–Crippen MR) is 202 cm³/mol. The highest BCUT2D eigenvalue weighted by molar-refractivity contribution is 7.92. The first kappa shape index (κ1) is 39.2. The maximum Gasteiger partial charge on any atom is 0.326 e. The van der Waals surface area contributed by atoms with Gasteiger partial charge in [0, 0.05) is 23.9 Å². The Kier molecular flexibility index (Phi) is 10.1. The van der Waals surface area contributed by atoms with Gasteiger partial charge in [-0.15, -0.1) is 5.10 Å². The molecule has 6 amide bonds. The number of halogens is 1. The number of rotatable bonds is 15. The monoisotopic (exact) mass is 833 g/mol. The summed E-state index contributed by atoms with van der Waals surface area (Å²) in [4.78, 5) is 75.9. The molecule has 308 valence electrons. The lowest BCUT2D eigenvalue weighted by Crippen LogP contribution is -2.54. The number of fused-ring (bicyclic) bond motifs is 2. The van der Waals surface area contributed by atoms with Crippen LogP contribution in [0.4, 0.5) is 15.8 Å². The van der Waals surface area contributed by atoms with Crippen LogP contribution in [0.2, 0.25) is 0 Å². The van der Waals surface area contributed by atoms with Gasteiger partial charge in [-0.1, -0.05) is 17.3 Å². The summed E-state index contributed by atoms with van der Waals surface area (Å²) in [5, 5.41) is 27.4. The first-order valence-corrected chi connectivity index (χ1v) is 20.0. The normalized spacial score (nSPS) is 19.1. The van der Waals surface area contributed by atoms with E-state index in [2.05, 4.69) is 26.3 Å². The smallest absolute Gasteiger partial charge is 0.326 e. The number of piperidine rings is 1. The van der Waals surface area contributed by atoms with Crippen LogP contribution in [-0.4, -0.2) is 108 Å². The highest BCUT2D eigenvalue weighted by Gasteiger charge is 2.50. The molecule has 1 saturated carbocycles. The summed E-state index contributed by atoms with van der Waals surface area (Å²) in [5.74, 6) is -5.00. The number of aromatic nitrogens is 3. The van der Waals surface area contributed by atoms with Crippen molar-refractivity contribution in [1.29, 1.82) is 0 Å². The van der Waals surface area contributed by atoms with Gasteiger partial charge in [0.25, 0.3) is 17.7 Å². The van der Waals surface area contributed by atoms with Crippen molar-refractivity contribution in [2.24, 2.45) is 0 Å². The van der Waals surface area contributed by atoms with Crippen molar-refractivity contribution < 1.29 is 56.2 Å². The molecule has 4 aromatic rings. The van der Waals surface area contributed by atoms with Crippen molar-refractivity contribution in [3.8, 4) is 11.5 Å². The highest BCUT2D eigenvalue weighted by Crippen LogP contribution is 2.48. The van der Waals surface area contributed by atoms with Crippen LogP contribution >= 0.6 is 0 Å². The lowest BCUT2D eigenvalue weighted by atomic mass is 10.0. The highest BCUT2D eigenvalue weighted by atomic mass is 32.2. The summed E-state index contributed by atoms with van der Waals surface area (Å²) in [6.45, 7) is 0.141. The van der Waals surface area contributed by atoms with Crippen LogP contribution in [0, 0.1) is 5.82 Å². The average Bonchev–Trinajstić information content (AvgIpc) is 3.58. The van der Waals surface area contributed by atoms with Crippen molar-refractivity contribution in [2.75, 3.05) is 42.5 Å². The van der Waals surface area contributed by atoms with E-state index in [1.165, 1.54) is 30.3 Å². The fraction of sp³-hybridized carbons (Fsp3) is 0.351. The topological polar surface area (TPSA) is 261 Å². The summed E-state index contributed by atoms with van der Waals surface area (Å²) in [6, 6.07) is 9.29. The van der Waals surface area contributed by atoms with E-state index < -0.39 is 75.1 Å². The number of hydrogen-bond acceptors (Lipinski definition) is 14. The number of ether oxygens (including phenoxy) is 2. The summed E-state index contributed by atoms with van der Waals surface area (Å²) in [6.07, 6.45) is 3.27. The maximum absolute atomic E-state index is 15.5. The van der Waals surface area contributed by atoms with Crippen molar-refractivity contribution in [1.82, 2.24) is 35.2 Å². The largest absolute Gasteiger partial charge is 0.506 e. The summed E-state index contributed by atoms with van der Waals surface area (Å²) in [7, 11) is -4.37. The molecule has 0 spiro atoms. The zero-order chi connectivity index (χ0) is 41.6. The number of benzene rings is 3. The second-order valence-corrected chi connectivity index (χ2v) is 15.9. The zero-order valence-electron chi connectivity index (χ0n) is 31.0. The van der Waals surface area contributed by atoms with Gasteiger partial charge in [0.1, 0.15) is 42.1 Å². The van der Waals surface area contributed by atoms with Crippen molar-refractivity contribution in [3.63, 3.8) is 0 Å². The van der Waals surface area contributed by atoms with E-state index in [1.54, 1.807) is 27.7 Å². The number of imide groups is 2. The third kappa shape index (κ3) is 7.58. The first-order valence-electron chi connectivity index (χ1n) is 18.5. The lowest BCUT2D eigenvalue weighted by Gasteiger charge is -2.28. The van der Waals surface area contributed by atoms with Crippen LogP contribution < -0.4 is 29.7 Å². The number of amides is 6. The Hall–Kier alpha value is -6.68. The number of carbonyl (C=O) groups excluding carboxylic acids is 6. The molecule has 2 saturated heterocycles. The predicted octanol–water partition coefficient (Wildman–Crippen LogP) is 0.561. The minimum absolute atomic E-state index is 0.0212. The van der Waals surface area contributed by atoms with Gasteiger partial charge >= 0.3 is 10.2 Å². The number of hydrogen-bond donors (Lipinski definition) is 5. The molecule has 59 heavy (non-hydrogen) atoms. The molecule has 22 heteroatoms. The Labute approximate surface area is 334 Å². The van der Waals surface area contributed by atoms with E-state index >= 15 is 4.39 Å². The molecule has 1 aromatic heterocycles. The molecule has 1 atom stereocenters. The summed E-state index contributed by atoms with van der Waals surface area (Å²) >= 11 is 0. The molecular formula is C37H36FN9O11S. The van der Waals surface area contributed by atoms with Gasteiger partial charge in [-0.3, -0.25) is 39.0 Å². The lowest BCUT2D eigenvalue weighted by molar-refractivity contribution is -0.136. The third-order valence-electron chi connectivity index (χ3n) is 10.3. The summed E-state index contributed by atoms with van der Waals surface area (Å²) < 4.78 is 55.0. The Balaban J connectivity index is 0.776. The number of aromatic hydroxyl groups is 1. The summed E-state index contributed by atoms with van der Waals surface area (Å²) in [5.41, 5.74) is 0.0832. The SMILES string of the molecule is O=C(CCOCCn1cc(C2(Nc3cccc4c3C(=O)N(C3CCC(=O)NC3=O)C4=O)CC2)nn1)NCCOc1ccc2cc(O)c(N3CC(=O)NS3(=O)=O)c(F)c2c1. The van der Waals surface area contributed by atoms with E-state index in [1.807, 2.05) is 0 Å². The quantitative estimate of drug-likeness (QED) is 0.0811. The van der Waals surface area contributed by atoms with Crippen molar-refractivity contribution in [2.45, 2.75) is 50.2 Å². The van der Waals surface area contributed by atoms with E-state index in [-0.39, 0.29) is 79.2 Å². The van der Waals surface area contributed by atoms with Gasteiger partial charge in [0.2, 0.25) is 17.7 Å². The minimum Gasteiger partial charge on any atom is -0.506 e. The van der Waals surface area contributed by atoms with Gasteiger partial charge in [-0.2, -0.15) is 8.42 Å². The molecule has 0 radical (unpaired) electrons. The van der Waals surface area contributed by atoms with E-state index in [4.69, 9.17) is 9.47 Å². The number of anilines is 2. The standard InChI is InChI=1S/C37H36FN9O11S/c38-32-23-17-21(5-4-20(23)16-26(48)33(32)46-19-30(51)43-59(46,55)56)58-14-11-39-28(49)8-13-57-15-12-45-18-27(42-44-45)37(9-10-37)41-24-3-1-2-22-31(24)36(54)47(35(22)53)25-6-7-29(50)40-34(25)52/h1-5,16-18,25,41,48H,6-15,19H2,(H,39,49)(H,43,51)(H,40,50,52). The molecule has 1 unspecified atom stereocenters. The van der Waals surface area contributed by atoms with Crippen molar-refractivity contribution in [3.05, 3.63) is 71.3 Å². The van der Waals surface area contributed by atoms with Crippen molar-refractivity contribution >= 4 is 67.8 Å². The molecule has 8 rings (SSSR count). The molecular weight excluding hydrogens is 798 g/mol. The first-order chi connectivity index (χ1) is 28.2. The van der Waals surface area contributed by atoms with Gasteiger partial charge in [0.15, 0.2) is 5.82 Å². The molecule has 4 aliphatic rings. The van der Waals surface area contributed by atoms with Crippen LogP contribution in [0.15, 0.2) is 48.7 Å². The minimum atomic E-state index is -4.37. The van der Waals surface area contributed by atoms with Crippen LogP contribution in [0.1, 0.15) is 58.5 Å². The Morgan fingerprint density at radius 1 is 1.03 bits per heavy atom. The third-order valence-corrected chi connectivity index (χ3v) is 11.7. The van der Waals surface area contributed by atoms with Crippen LogP contribution in [0.3, 0.4) is 0 Å². The number of nitrogens with one attached hydrogen (secondary N) is 4. The molecule has 3 aliphatic heterocycles. The second kappa shape index (κ2) is 15.2. The maximum atomic E-state index is 15.5. The number of phenols is 1. The van der Waals surface area contributed by atoms with E-state index in [0.29, 0.717) is 35.1 Å². The Bertz CT molecular complexity index is 2560. The molecule has 1 aliphatic carbocycles. The molecule has 20 nitrogen and oxygen atoms in total. The zero-order valence-corrected chi connectivity index (χ0v) is 31.8. The number of nitrogens with zero attached hydrogens (tertiary/aromatic N) is 5.